The van der Waals surface area contributed by atoms with Gasteiger partial charge in [-0.1, -0.05) is 48.5 Å². The van der Waals surface area contributed by atoms with E-state index in [4.69, 9.17) is 19.2 Å². The summed E-state index contributed by atoms with van der Waals surface area (Å²) in [6.07, 6.45) is 1.09. The molecule has 0 unspecified atom stereocenters. The summed E-state index contributed by atoms with van der Waals surface area (Å²) in [7, 11) is 3.77. The SMILES string of the molecule is COc1cc(Nc2nccc(N(C(=O)Oc3c(C)cccc3C)[C@H](C)c3ccccc3)n2)ccc1OCCN1CCN(C)CC1. The second-order valence-corrected chi connectivity index (χ2v) is 11.3. The number of amides is 1. The van der Waals surface area contributed by atoms with E-state index in [0.717, 1.165) is 55.1 Å². The van der Waals surface area contributed by atoms with E-state index in [9.17, 15) is 4.79 Å². The van der Waals surface area contributed by atoms with Crippen molar-refractivity contribution in [3.05, 3.63) is 95.7 Å². The lowest BCUT2D eigenvalue weighted by molar-refractivity contribution is 0.133. The molecule has 1 aromatic heterocycles. The summed E-state index contributed by atoms with van der Waals surface area (Å²) in [5, 5.41) is 3.25. The van der Waals surface area contributed by atoms with Crippen LogP contribution in [0.5, 0.6) is 17.2 Å². The first-order chi connectivity index (χ1) is 21.8. The van der Waals surface area contributed by atoms with E-state index >= 15 is 0 Å². The largest absolute Gasteiger partial charge is 0.493 e. The summed E-state index contributed by atoms with van der Waals surface area (Å²) < 4.78 is 17.7. The van der Waals surface area contributed by atoms with Gasteiger partial charge in [0.05, 0.1) is 13.2 Å². The second-order valence-electron chi connectivity index (χ2n) is 11.3. The van der Waals surface area contributed by atoms with Gasteiger partial charge in [0.15, 0.2) is 11.5 Å². The van der Waals surface area contributed by atoms with E-state index in [1.165, 1.54) is 0 Å². The number of para-hydroxylation sites is 1. The lowest BCUT2D eigenvalue weighted by Gasteiger charge is -2.32. The number of carbonyl (C=O) groups is 1. The zero-order valence-corrected chi connectivity index (χ0v) is 26.7. The average molecular weight is 611 g/mol. The van der Waals surface area contributed by atoms with Crippen LogP contribution in [0.2, 0.25) is 0 Å². The van der Waals surface area contributed by atoms with Gasteiger partial charge >= 0.3 is 6.09 Å². The van der Waals surface area contributed by atoms with Gasteiger partial charge in [0.2, 0.25) is 5.95 Å². The summed E-state index contributed by atoms with van der Waals surface area (Å²) >= 11 is 0. The summed E-state index contributed by atoms with van der Waals surface area (Å²) in [5.74, 6) is 2.53. The molecule has 3 aromatic carbocycles. The van der Waals surface area contributed by atoms with E-state index < -0.39 is 6.09 Å². The Morgan fingerprint density at radius 1 is 0.956 bits per heavy atom. The average Bonchev–Trinajstić information content (AvgIpc) is 3.05. The molecule has 1 aliphatic heterocycles. The number of aromatic nitrogens is 2. The first kappa shape index (κ1) is 31.7. The molecule has 45 heavy (non-hydrogen) atoms. The maximum absolute atomic E-state index is 13.8. The number of aryl methyl sites for hydroxylation is 2. The first-order valence-electron chi connectivity index (χ1n) is 15.3. The van der Waals surface area contributed by atoms with Crippen molar-refractivity contribution >= 4 is 23.5 Å². The van der Waals surface area contributed by atoms with Crippen LogP contribution in [0.3, 0.4) is 0 Å². The maximum Gasteiger partial charge on any atom is 0.421 e. The number of nitrogens with zero attached hydrogens (tertiary/aromatic N) is 5. The Labute approximate surface area is 265 Å². The standard InChI is InChI=1S/C35H42N6O4/c1-25-10-9-11-26(2)33(25)45-35(42)41(27(3)28-12-7-6-8-13-28)32-16-17-36-34(38-32)37-29-14-15-30(31(24-29)43-5)44-23-22-40-20-18-39(4)19-21-40/h6-17,24,27H,18-23H2,1-5H3,(H,36,37,38)/t27-/m1/s1. The molecule has 1 fully saturated rings. The monoisotopic (exact) mass is 610 g/mol. The number of likely N-dealkylation sites (N-methyl/N-ethyl adjacent to an activating group) is 1. The molecule has 0 bridgehead atoms. The number of hydrogen-bond donors (Lipinski definition) is 1. The molecule has 0 saturated carbocycles. The third-order valence-electron chi connectivity index (χ3n) is 8.03. The van der Waals surface area contributed by atoms with Crippen LogP contribution in [0.25, 0.3) is 0 Å². The van der Waals surface area contributed by atoms with Gasteiger partial charge in [-0.15, -0.1) is 0 Å². The fourth-order valence-corrected chi connectivity index (χ4v) is 5.32. The van der Waals surface area contributed by atoms with E-state index in [2.05, 4.69) is 27.1 Å². The van der Waals surface area contributed by atoms with Crippen molar-refractivity contribution in [1.29, 1.82) is 0 Å². The minimum atomic E-state index is -0.534. The first-order valence-corrected chi connectivity index (χ1v) is 15.3. The number of piperazine rings is 1. The quantitative estimate of drug-likeness (QED) is 0.212. The Hall–Kier alpha value is -4.67. The van der Waals surface area contributed by atoms with Gasteiger partial charge in [0.25, 0.3) is 0 Å². The minimum absolute atomic E-state index is 0.323. The Morgan fingerprint density at radius 3 is 2.40 bits per heavy atom. The highest BCUT2D eigenvalue weighted by molar-refractivity contribution is 5.89. The van der Waals surface area contributed by atoms with E-state index in [-0.39, 0.29) is 6.04 Å². The van der Waals surface area contributed by atoms with Crippen LogP contribution < -0.4 is 24.4 Å². The number of nitrogens with one attached hydrogen (secondary N) is 1. The van der Waals surface area contributed by atoms with Crippen molar-refractivity contribution in [3.8, 4) is 17.2 Å². The highest BCUT2D eigenvalue weighted by Gasteiger charge is 2.28. The van der Waals surface area contributed by atoms with Crippen LogP contribution in [0.1, 0.15) is 29.7 Å². The van der Waals surface area contributed by atoms with E-state index in [1.54, 1.807) is 24.3 Å². The number of ether oxygens (including phenoxy) is 3. The third kappa shape index (κ3) is 8.09. The summed E-state index contributed by atoms with van der Waals surface area (Å²) in [5.41, 5.74) is 3.41. The predicted molar refractivity (Wildman–Crippen MR) is 177 cm³/mol. The van der Waals surface area contributed by atoms with Crippen molar-refractivity contribution in [2.45, 2.75) is 26.8 Å². The normalized spacial score (nSPS) is 14.4. The molecule has 0 aliphatic carbocycles. The van der Waals surface area contributed by atoms with Gasteiger partial charge < -0.3 is 24.4 Å². The van der Waals surface area contributed by atoms with Gasteiger partial charge in [-0.25, -0.2) is 9.78 Å². The van der Waals surface area contributed by atoms with Crippen LogP contribution in [-0.4, -0.2) is 79.3 Å². The van der Waals surface area contributed by atoms with Crippen molar-refractivity contribution in [3.63, 3.8) is 0 Å². The lowest BCUT2D eigenvalue weighted by atomic mass is 10.1. The molecule has 1 saturated heterocycles. The third-order valence-corrected chi connectivity index (χ3v) is 8.03. The number of anilines is 3. The van der Waals surface area contributed by atoms with Crippen LogP contribution in [-0.2, 0) is 0 Å². The molecule has 236 valence electrons. The molecule has 1 N–H and O–H groups in total. The highest BCUT2D eigenvalue weighted by atomic mass is 16.6. The Bertz CT molecular complexity index is 1560. The molecule has 1 amide bonds. The summed E-state index contributed by atoms with van der Waals surface area (Å²) in [4.78, 5) is 29.3. The fraction of sp³-hybridized carbons (Fsp3) is 0.343. The number of hydrogen-bond acceptors (Lipinski definition) is 9. The molecule has 0 spiro atoms. The Kier molecular flexibility index (Phi) is 10.5. The molecule has 1 atom stereocenters. The Morgan fingerprint density at radius 2 is 1.69 bits per heavy atom. The van der Waals surface area contributed by atoms with Gasteiger partial charge in [0, 0.05) is 50.7 Å². The number of rotatable bonds is 11. The van der Waals surface area contributed by atoms with Gasteiger partial charge in [-0.3, -0.25) is 9.80 Å². The van der Waals surface area contributed by atoms with Gasteiger partial charge in [-0.2, -0.15) is 4.98 Å². The Balaban J connectivity index is 1.33. The van der Waals surface area contributed by atoms with E-state index in [1.807, 2.05) is 87.5 Å². The number of methoxy groups -OCH3 is 1. The smallest absolute Gasteiger partial charge is 0.421 e. The molecule has 10 heteroatoms. The molecule has 1 aliphatic rings. The van der Waals surface area contributed by atoms with Crippen LogP contribution in [0.4, 0.5) is 22.2 Å². The molecular formula is C35H42N6O4. The van der Waals surface area contributed by atoms with Gasteiger partial charge in [0.1, 0.15) is 18.2 Å². The zero-order valence-electron chi connectivity index (χ0n) is 26.7. The predicted octanol–water partition coefficient (Wildman–Crippen LogP) is 6.24. The lowest BCUT2D eigenvalue weighted by Crippen LogP contribution is -2.45. The number of benzene rings is 3. The van der Waals surface area contributed by atoms with Crippen molar-refractivity contribution in [1.82, 2.24) is 19.8 Å². The highest BCUT2D eigenvalue weighted by Crippen LogP contribution is 2.33. The summed E-state index contributed by atoms with van der Waals surface area (Å²) in [6, 6.07) is 22.5. The molecule has 5 rings (SSSR count). The number of carbonyl (C=O) groups excluding carboxylic acids is 1. The van der Waals surface area contributed by atoms with Crippen LogP contribution in [0.15, 0.2) is 79.0 Å². The van der Waals surface area contributed by atoms with Crippen LogP contribution >= 0.6 is 0 Å². The zero-order chi connectivity index (χ0) is 31.8. The van der Waals surface area contributed by atoms with Crippen molar-refractivity contribution in [2.75, 3.05) is 63.7 Å². The second kappa shape index (κ2) is 14.9. The molecule has 4 aromatic rings. The van der Waals surface area contributed by atoms with Gasteiger partial charge in [-0.05, 0) is 62.7 Å². The minimum Gasteiger partial charge on any atom is -0.493 e. The van der Waals surface area contributed by atoms with Crippen molar-refractivity contribution < 1.29 is 19.0 Å². The van der Waals surface area contributed by atoms with Crippen LogP contribution in [0, 0.1) is 13.8 Å². The van der Waals surface area contributed by atoms with Crippen molar-refractivity contribution in [2.24, 2.45) is 0 Å². The molecule has 2 heterocycles. The molecular weight excluding hydrogens is 568 g/mol. The molecule has 10 nitrogen and oxygen atoms in total. The molecule has 0 radical (unpaired) electrons. The fourth-order valence-electron chi connectivity index (χ4n) is 5.32. The van der Waals surface area contributed by atoms with E-state index in [0.29, 0.717) is 35.6 Å². The maximum atomic E-state index is 13.8. The summed E-state index contributed by atoms with van der Waals surface area (Å²) in [6.45, 7) is 11.5. The topological polar surface area (TPSA) is 92.3 Å².